The summed E-state index contributed by atoms with van der Waals surface area (Å²) in [6, 6.07) is 2.38. The molecule has 0 aliphatic heterocycles. The molecule has 1 aromatic carbocycles. The Kier molecular flexibility index (Phi) is 5.56. The quantitative estimate of drug-likeness (QED) is 0.767. The average Bonchev–Trinajstić information content (AvgIpc) is 2.34. The Bertz CT molecular complexity index is 480. The molecule has 1 amide bonds. The lowest BCUT2D eigenvalue weighted by atomic mass is 10.2. The van der Waals surface area contributed by atoms with Gasteiger partial charge in [-0.1, -0.05) is 23.2 Å². The topological polar surface area (TPSA) is 102 Å². The van der Waals surface area contributed by atoms with Crippen LogP contribution in [0.3, 0.4) is 0 Å². The first-order chi connectivity index (χ1) is 8.90. The van der Waals surface area contributed by atoms with E-state index < -0.39 is 18.0 Å². The van der Waals surface area contributed by atoms with Gasteiger partial charge in [-0.25, -0.2) is 4.79 Å². The van der Waals surface area contributed by atoms with Crippen molar-refractivity contribution in [3.8, 4) is 0 Å². The molecule has 8 heteroatoms. The van der Waals surface area contributed by atoms with E-state index in [-0.39, 0.29) is 27.8 Å². The number of hydrogen-bond acceptors (Lipinski definition) is 4. The van der Waals surface area contributed by atoms with E-state index in [1.807, 2.05) is 0 Å². The summed E-state index contributed by atoms with van der Waals surface area (Å²) in [6.45, 7) is -0.00915. The number of nitrogens with two attached hydrogens (primary N) is 1. The third-order valence-electron chi connectivity index (χ3n) is 2.33. The van der Waals surface area contributed by atoms with Crippen molar-refractivity contribution < 1.29 is 19.4 Å². The fraction of sp³-hybridized carbons (Fsp3) is 0.273. The summed E-state index contributed by atoms with van der Waals surface area (Å²) in [6.07, 6.45) is -0.841. The van der Waals surface area contributed by atoms with Crippen LogP contribution in [0.2, 0.25) is 10.0 Å². The Hall–Kier alpha value is -1.34. The van der Waals surface area contributed by atoms with Crippen LogP contribution >= 0.6 is 23.2 Å². The second-order valence-corrected chi connectivity index (χ2v) is 4.38. The number of benzene rings is 1. The number of carbonyl (C=O) groups is 2. The number of rotatable bonds is 5. The zero-order valence-electron chi connectivity index (χ0n) is 9.94. The summed E-state index contributed by atoms with van der Waals surface area (Å²) in [7, 11) is 1.34. The first kappa shape index (κ1) is 15.7. The molecule has 0 aliphatic rings. The largest absolute Gasteiger partial charge is 0.478 e. The molecule has 0 aliphatic carbocycles. The zero-order chi connectivity index (χ0) is 14.6. The van der Waals surface area contributed by atoms with Crippen LogP contribution in [-0.4, -0.2) is 36.7 Å². The van der Waals surface area contributed by atoms with E-state index in [1.54, 1.807) is 0 Å². The van der Waals surface area contributed by atoms with E-state index in [9.17, 15) is 9.59 Å². The fourth-order valence-electron chi connectivity index (χ4n) is 1.33. The summed E-state index contributed by atoms with van der Waals surface area (Å²) < 4.78 is 4.86. The van der Waals surface area contributed by atoms with E-state index in [2.05, 4.69) is 5.32 Å². The highest BCUT2D eigenvalue weighted by Gasteiger charge is 2.19. The first-order valence-electron chi connectivity index (χ1n) is 5.16. The lowest BCUT2D eigenvalue weighted by Crippen LogP contribution is -2.36. The molecule has 0 saturated carbocycles. The van der Waals surface area contributed by atoms with Gasteiger partial charge in [0.2, 0.25) is 0 Å². The van der Waals surface area contributed by atoms with E-state index in [0.717, 1.165) is 0 Å². The van der Waals surface area contributed by atoms with Crippen molar-refractivity contribution in [1.29, 1.82) is 0 Å². The van der Waals surface area contributed by atoms with Gasteiger partial charge in [0.15, 0.2) is 0 Å². The van der Waals surface area contributed by atoms with Crippen molar-refractivity contribution >= 4 is 40.8 Å². The summed E-state index contributed by atoms with van der Waals surface area (Å²) in [5.74, 6) is -1.68. The number of carbonyl (C=O) groups excluding carboxylic acids is 1. The van der Waals surface area contributed by atoms with Gasteiger partial charge >= 0.3 is 5.97 Å². The molecule has 1 aromatic rings. The number of aromatic carboxylic acids is 1. The van der Waals surface area contributed by atoms with Gasteiger partial charge in [0.05, 0.1) is 21.3 Å². The summed E-state index contributed by atoms with van der Waals surface area (Å²) in [5.41, 5.74) is 5.39. The second-order valence-electron chi connectivity index (χ2n) is 3.57. The van der Waals surface area contributed by atoms with Crippen molar-refractivity contribution in [2.45, 2.75) is 6.10 Å². The van der Waals surface area contributed by atoms with Crippen molar-refractivity contribution in [2.24, 2.45) is 5.73 Å². The van der Waals surface area contributed by atoms with Crippen LogP contribution in [0, 0.1) is 0 Å². The van der Waals surface area contributed by atoms with Gasteiger partial charge in [0.25, 0.3) is 5.91 Å². The van der Waals surface area contributed by atoms with Crippen LogP contribution in [0.25, 0.3) is 0 Å². The van der Waals surface area contributed by atoms with Crippen molar-refractivity contribution in [3.63, 3.8) is 0 Å². The maximum atomic E-state index is 11.7. The SMILES string of the molecule is COC(CN)C(=O)Nc1c(Cl)cc(C(=O)O)cc1Cl. The molecule has 0 aromatic heterocycles. The van der Waals surface area contributed by atoms with Gasteiger partial charge in [-0.05, 0) is 12.1 Å². The molecule has 0 saturated heterocycles. The minimum Gasteiger partial charge on any atom is -0.478 e. The fourth-order valence-corrected chi connectivity index (χ4v) is 1.91. The van der Waals surface area contributed by atoms with E-state index in [0.29, 0.717) is 0 Å². The number of halogens is 2. The minimum atomic E-state index is -1.17. The molecule has 0 fully saturated rings. The molecule has 1 rings (SSSR count). The van der Waals surface area contributed by atoms with Crippen LogP contribution in [0.5, 0.6) is 0 Å². The predicted molar refractivity (Wildman–Crippen MR) is 71.9 cm³/mol. The third-order valence-corrected chi connectivity index (χ3v) is 2.92. The van der Waals surface area contributed by atoms with Gasteiger partial charge in [0, 0.05) is 13.7 Å². The van der Waals surface area contributed by atoms with Gasteiger partial charge in [-0.3, -0.25) is 4.79 Å². The van der Waals surface area contributed by atoms with Crippen LogP contribution in [-0.2, 0) is 9.53 Å². The van der Waals surface area contributed by atoms with Crippen LogP contribution < -0.4 is 11.1 Å². The molecule has 19 heavy (non-hydrogen) atoms. The Morgan fingerprint density at radius 2 is 1.95 bits per heavy atom. The summed E-state index contributed by atoms with van der Waals surface area (Å²) >= 11 is 11.8. The standard InChI is InChI=1S/C11H12Cl2N2O4/c1-19-8(4-14)10(16)15-9-6(12)2-5(11(17)18)3-7(9)13/h2-3,8H,4,14H2,1H3,(H,15,16)(H,17,18). The van der Waals surface area contributed by atoms with Gasteiger partial charge in [0.1, 0.15) is 6.10 Å². The summed E-state index contributed by atoms with van der Waals surface area (Å²) in [4.78, 5) is 22.5. The predicted octanol–water partition coefficient (Wildman–Crippen LogP) is 1.60. The third kappa shape index (κ3) is 3.81. The average molecular weight is 307 g/mol. The summed E-state index contributed by atoms with van der Waals surface area (Å²) in [5, 5.41) is 11.3. The van der Waals surface area contributed by atoms with Crippen LogP contribution in [0.4, 0.5) is 5.69 Å². The van der Waals surface area contributed by atoms with Gasteiger partial charge in [-0.15, -0.1) is 0 Å². The first-order valence-corrected chi connectivity index (χ1v) is 5.92. The molecular weight excluding hydrogens is 295 g/mol. The lowest BCUT2D eigenvalue weighted by Gasteiger charge is -2.15. The molecule has 4 N–H and O–H groups in total. The van der Waals surface area contributed by atoms with E-state index in [1.165, 1.54) is 19.2 Å². The maximum absolute atomic E-state index is 11.7. The molecule has 6 nitrogen and oxygen atoms in total. The van der Waals surface area contributed by atoms with Gasteiger partial charge in [-0.2, -0.15) is 0 Å². The molecule has 1 unspecified atom stereocenters. The number of nitrogens with one attached hydrogen (secondary N) is 1. The Labute approximate surface area is 119 Å². The Morgan fingerprint density at radius 1 is 1.42 bits per heavy atom. The van der Waals surface area contributed by atoms with Gasteiger partial charge < -0.3 is 20.9 Å². The number of methoxy groups -OCH3 is 1. The molecule has 0 radical (unpaired) electrons. The maximum Gasteiger partial charge on any atom is 0.335 e. The highest BCUT2D eigenvalue weighted by Crippen LogP contribution is 2.32. The highest BCUT2D eigenvalue weighted by atomic mass is 35.5. The Balaban J connectivity index is 3.02. The van der Waals surface area contributed by atoms with Crippen molar-refractivity contribution in [1.82, 2.24) is 0 Å². The molecule has 1 atom stereocenters. The number of anilines is 1. The molecule has 0 spiro atoms. The number of amides is 1. The van der Waals surface area contributed by atoms with Crippen molar-refractivity contribution in [2.75, 3.05) is 19.0 Å². The number of hydrogen-bond donors (Lipinski definition) is 3. The van der Waals surface area contributed by atoms with Crippen molar-refractivity contribution in [3.05, 3.63) is 27.7 Å². The second kappa shape index (κ2) is 6.72. The van der Waals surface area contributed by atoms with E-state index in [4.69, 9.17) is 38.8 Å². The van der Waals surface area contributed by atoms with Crippen LogP contribution in [0.15, 0.2) is 12.1 Å². The molecule has 0 heterocycles. The lowest BCUT2D eigenvalue weighted by molar-refractivity contribution is -0.125. The monoisotopic (exact) mass is 306 g/mol. The molecular formula is C11H12Cl2N2O4. The zero-order valence-corrected chi connectivity index (χ0v) is 11.5. The molecule has 0 bridgehead atoms. The normalized spacial score (nSPS) is 12.0. The minimum absolute atomic E-state index is 0.00915. The number of carboxylic acid groups (broad SMARTS) is 1. The van der Waals surface area contributed by atoms with Crippen LogP contribution in [0.1, 0.15) is 10.4 Å². The smallest absolute Gasteiger partial charge is 0.335 e. The molecule has 104 valence electrons. The van der Waals surface area contributed by atoms with E-state index >= 15 is 0 Å². The number of carboxylic acids is 1. The highest BCUT2D eigenvalue weighted by molar-refractivity contribution is 6.40. The Morgan fingerprint density at radius 3 is 2.32 bits per heavy atom. The number of ether oxygens (including phenoxy) is 1.